The van der Waals surface area contributed by atoms with Gasteiger partial charge < -0.3 is 15.5 Å². The Labute approximate surface area is 139 Å². The number of anilines is 2. The van der Waals surface area contributed by atoms with Gasteiger partial charge in [0.2, 0.25) is 11.9 Å². The third-order valence-corrected chi connectivity index (χ3v) is 4.73. The Balaban J connectivity index is 1.52. The van der Waals surface area contributed by atoms with Crippen LogP contribution in [0.3, 0.4) is 0 Å². The van der Waals surface area contributed by atoms with E-state index in [1.807, 2.05) is 6.07 Å². The molecule has 0 aliphatic carbocycles. The number of aryl methyl sites for hydroxylation is 1. The molecule has 0 unspecified atom stereocenters. The molecule has 122 valence electrons. The van der Waals surface area contributed by atoms with E-state index < -0.39 is 0 Å². The van der Waals surface area contributed by atoms with E-state index in [2.05, 4.69) is 30.1 Å². The van der Waals surface area contributed by atoms with Gasteiger partial charge in [-0.05, 0) is 18.9 Å². The lowest BCUT2D eigenvalue weighted by molar-refractivity contribution is -0.118. The summed E-state index contributed by atoms with van der Waals surface area (Å²) in [6, 6.07) is 1.83. The van der Waals surface area contributed by atoms with Crippen LogP contribution >= 0.6 is 11.3 Å². The average molecular weight is 332 g/mol. The molecule has 0 radical (unpaired) electrons. The van der Waals surface area contributed by atoms with Crippen LogP contribution in [0.4, 0.5) is 11.1 Å². The second kappa shape index (κ2) is 7.36. The van der Waals surface area contributed by atoms with Crippen LogP contribution in [0.25, 0.3) is 0 Å². The lowest BCUT2D eigenvalue weighted by atomic mass is 10.2. The third-order valence-electron chi connectivity index (χ3n) is 3.78. The summed E-state index contributed by atoms with van der Waals surface area (Å²) in [5.41, 5.74) is 6.20. The standard InChI is InChI=1S/C15H20N6OS/c16-13(22)4-1-3-12-11-23-15(19-12)21-9-7-20(8-10-21)14-17-5-2-6-18-14/h2,5-6,11H,1,3-4,7-10H2,(H2,16,22). The molecular weight excluding hydrogens is 312 g/mol. The molecule has 2 aromatic heterocycles. The van der Waals surface area contributed by atoms with Crippen molar-refractivity contribution in [3.05, 3.63) is 29.5 Å². The molecule has 0 bridgehead atoms. The minimum atomic E-state index is -0.250. The van der Waals surface area contributed by atoms with Crippen molar-refractivity contribution < 1.29 is 4.79 Å². The van der Waals surface area contributed by atoms with Gasteiger partial charge in [-0.15, -0.1) is 11.3 Å². The highest BCUT2D eigenvalue weighted by atomic mass is 32.1. The van der Waals surface area contributed by atoms with Crippen LogP contribution in [0, 0.1) is 0 Å². The zero-order valence-electron chi connectivity index (χ0n) is 12.9. The second-order valence-corrected chi connectivity index (χ2v) is 6.30. The zero-order chi connectivity index (χ0) is 16.1. The van der Waals surface area contributed by atoms with E-state index >= 15 is 0 Å². The van der Waals surface area contributed by atoms with E-state index in [1.54, 1.807) is 23.7 Å². The summed E-state index contributed by atoms with van der Waals surface area (Å²) >= 11 is 1.66. The molecule has 1 aliphatic heterocycles. The number of nitrogens with two attached hydrogens (primary N) is 1. The quantitative estimate of drug-likeness (QED) is 0.851. The Morgan fingerprint density at radius 2 is 1.87 bits per heavy atom. The van der Waals surface area contributed by atoms with Crippen molar-refractivity contribution in [2.24, 2.45) is 5.73 Å². The normalized spacial score (nSPS) is 15.0. The van der Waals surface area contributed by atoms with Gasteiger partial charge in [-0.1, -0.05) is 0 Å². The van der Waals surface area contributed by atoms with E-state index in [0.717, 1.165) is 55.8 Å². The molecule has 1 fully saturated rings. The molecule has 7 nitrogen and oxygen atoms in total. The van der Waals surface area contributed by atoms with Crippen molar-refractivity contribution in [2.45, 2.75) is 19.3 Å². The van der Waals surface area contributed by atoms with Gasteiger partial charge in [0.05, 0.1) is 5.69 Å². The Kier molecular flexibility index (Phi) is 5.02. The second-order valence-electron chi connectivity index (χ2n) is 5.46. The molecule has 0 atom stereocenters. The zero-order valence-corrected chi connectivity index (χ0v) is 13.7. The average Bonchev–Trinajstić information content (AvgIpc) is 3.04. The predicted octanol–water partition coefficient (Wildman–Crippen LogP) is 1.07. The van der Waals surface area contributed by atoms with E-state index in [9.17, 15) is 4.79 Å². The van der Waals surface area contributed by atoms with Gasteiger partial charge in [0, 0.05) is 50.4 Å². The van der Waals surface area contributed by atoms with E-state index in [-0.39, 0.29) is 5.91 Å². The van der Waals surface area contributed by atoms with Gasteiger partial charge in [0.15, 0.2) is 5.13 Å². The molecule has 0 aromatic carbocycles. The van der Waals surface area contributed by atoms with Gasteiger partial charge >= 0.3 is 0 Å². The van der Waals surface area contributed by atoms with Crippen molar-refractivity contribution >= 4 is 28.3 Å². The highest BCUT2D eigenvalue weighted by Gasteiger charge is 2.20. The first-order valence-electron chi connectivity index (χ1n) is 7.72. The summed E-state index contributed by atoms with van der Waals surface area (Å²) in [6.45, 7) is 3.60. The van der Waals surface area contributed by atoms with Gasteiger partial charge in [-0.3, -0.25) is 4.79 Å². The molecule has 1 amide bonds. The molecule has 0 spiro atoms. The topological polar surface area (TPSA) is 88.2 Å². The summed E-state index contributed by atoms with van der Waals surface area (Å²) in [7, 11) is 0. The van der Waals surface area contributed by atoms with Crippen LogP contribution in [0.15, 0.2) is 23.8 Å². The highest BCUT2D eigenvalue weighted by Crippen LogP contribution is 2.23. The monoisotopic (exact) mass is 332 g/mol. The molecule has 0 saturated carbocycles. The van der Waals surface area contributed by atoms with E-state index in [0.29, 0.717) is 6.42 Å². The van der Waals surface area contributed by atoms with Gasteiger partial charge in [-0.2, -0.15) is 0 Å². The molecule has 1 saturated heterocycles. The number of hydrogen-bond donors (Lipinski definition) is 1. The molecule has 23 heavy (non-hydrogen) atoms. The number of carbonyl (C=O) groups excluding carboxylic acids is 1. The molecular formula is C15H20N6OS. The number of rotatable bonds is 6. The minimum Gasteiger partial charge on any atom is -0.370 e. The number of piperazine rings is 1. The number of carbonyl (C=O) groups is 1. The Morgan fingerprint density at radius 1 is 1.17 bits per heavy atom. The number of nitrogens with zero attached hydrogens (tertiary/aromatic N) is 5. The van der Waals surface area contributed by atoms with Crippen LogP contribution in [-0.4, -0.2) is 47.0 Å². The van der Waals surface area contributed by atoms with Crippen LogP contribution in [0.2, 0.25) is 0 Å². The first-order chi connectivity index (χ1) is 11.2. The summed E-state index contributed by atoms with van der Waals surface area (Å²) in [4.78, 5) is 28.5. The fraction of sp³-hybridized carbons (Fsp3) is 0.467. The Hall–Kier alpha value is -2.22. The maximum atomic E-state index is 10.8. The summed E-state index contributed by atoms with van der Waals surface area (Å²) in [5, 5.41) is 3.12. The number of hydrogen-bond acceptors (Lipinski definition) is 7. The molecule has 3 rings (SSSR count). The molecule has 8 heteroatoms. The number of amides is 1. The number of thiazole rings is 1. The van der Waals surface area contributed by atoms with Crippen molar-refractivity contribution in [2.75, 3.05) is 36.0 Å². The summed E-state index contributed by atoms with van der Waals surface area (Å²) in [6.07, 6.45) is 5.53. The fourth-order valence-corrected chi connectivity index (χ4v) is 3.47. The number of aromatic nitrogens is 3. The van der Waals surface area contributed by atoms with Crippen molar-refractivity contribution in [3.63, 3.8) is 0 Å². The van der Waals surface area contributed by atoms with Crippen molar-refractivity contribution in [1.29, 1.82) is 0 Å². The molecule has 3 heterocycles. The Morgan fingerprint density at radius 3 is 2.57 bits per heavy atom. The maximum Gasteiger partial charge on any atom is 0.225 e. The Bertz CT molecular complexity index is 638. The van der Waals surface area contributed by atoms with Crippen LogP contribution in [0.5, 0.6) is 0 Å². The number of primary amides is 1. The predicted molar refractivity (Wildman–Crippen MR) is 90.7 cm³/mol. The lowest BCUT2D eigenvalue weighted by Crippen LogP contribution is -2.47. The first kappa shape index (κ1) is 15.7. The van der Waals surface area contributed by atoms with E-state index in [4.69, 9.17) is 5.73 Å². The SMILES string of the molecule is NC(=O)CCCc1csc(N2CCN(c3ncccn3)CC2)n1. The minimum absolute atomic E-state index is 0.250. The third kappa shape index (κ3) is 4.16. The largest absolute Gasteiger partial charge is 0.370 e. The fourth-order valence-electron chi connectivity index (χ4n) is 2.55. The highest BCUT2D eigenvalue weighted by molar-refractivity contribution is 7.13. The lowest BCUT2D eigenvalue weighted by Gasteiger charge is -2.34. The van der Waals surface area contributed by atoms with Crippen molar-refractivity contribution in [3.8, 4) is 0 Å². The first-order valence-corrected chi connectivity index (χ1v) is 8.60. The van der Waals surface area contributed by atoms with Crippen LogP contribution in [-0.2, 0) is 11.2 Å². The summed E-state index contributed by atoms with van der Waals surface area (Å²) in [5.74, 6) is 0.540. The van der Waals surface area contributed by atoms with E-state index in [1.165, 1.54) is 0 Å². The van der Waals surface area contributed by atoms with Crippen LogP contribution in [0.1, 0.15) is 18.5 Å². The molecule has 1 aliphatic rings. The smallest absolute Gasteiger partial charge is 0.225 e. The van der Waals surface area contributed by atoms with Gasteiger partial charge in [0.25, 0.3) is 0 Å². The molecule has 2 N–H and O–H groups in total. The molecule has 2 aromatic rings. The van der Waals surface area contributed by atoms with Gasteiger partial charge in [-0.25, -0.2) is 15.0 Å². The van der Waals surface area contributed by atoms with Crippen LogP contribution < -0.4 is 15.5 Å². The van der Waals surface area contributed by atoms with Crippen molar-refractivity contribution in [1.82, 2.24) is 15.0 Å². The maximum absolute atomic E-state index is 10.8. The summed E-state index contributed by atoms with van der Waals surface area (Å²) < 4.78 is 0. The van der Waals surface area contributed by atoms with Gasteiger partial charge in [0.1, 0.15) is 0 Å².